The Labute approximate surface area is 126 Å². The Kier molecular flexibility index (Phi) is 5.50. The molecular formula is C18H23NO2. The van der Waals surface area contributed by atoms with Crippen molar-refractivity contribution in [3.63, 3.8) is 0 Å². The number of anilines is 1. The number of rotatable bonds is 7. The molecule has 21 heavy (non-hydrogen) atoms. The molecule has 0 saturated heterocycles. The second-order valence-electron chi connectivity index (χ2n) is 5.17. The smallest absolute Gasteiger partial charge is 0.130 e. The van der Waals surface area contributed by atoms with E-state index in [4.69, 9.17) is 15.2 Å². The van der Waals surface area contributed by atoms with Crippen molar-refractivity contribution in [3.05, 3.63) is 54.1 Å². The van der Waals surface area contributed by atoms with E-state index in [1.54, 1.807) is 0 Å². The molecule has 0 saturated carbocycles. The molecule has 112 valence electrons. The Morgan fingerprint density at radius 1 is 1.05 bits per heavy atom. The lowest BCUT2D eigenvalue weighted by Gasteiger charge is -2.17. The van der Waals surface area contributed by atoms with Gasteiger partial charge >= 0.3 is 0 Å². The quantitative estimate of drug-likeness (QED) is 0.780. The van der Waals surface area contributed by atoms with Gasteiger partial charge in [-0.3, -0.25) is 0 Å². The van der Waals surface area contributed by atoms with Gasteiger partial charge in [0.1, 0.15) is 24.2 Å². The van der Waals surface area contributed by atoms with E-state index in [0.29, 0.717) is 6.61 Å². The predicted octanol–water partition coefficient (Wildman–Crippen LogP) is 4.07. The van der Waals surface area contributed by atoms with Gasteiger partial charge in [-0.1, -0.05) is 31.5 Å². The fourth-order valence-electron chi connectivity index (χ4n) is 2.14. The highest BCUT2D eigenvalue weighted by atomic mass is 16.5. The first-order valence-corrected chi connectivity index (χ1v) is 7.42. The summed E-state index contributed by atoms with van der Waals surface area (Å²) in [5.74, 6) is 1.76. The fraction of sp³-hybridized carbons (Fsp3) is 0.333. The molecule has 2 N–H and O–H groups in total. The van der Waals surface area contributed by atoms with Crippen LogP contribution in [0, 0.1) is 0 Å². The van der Waals surface area contributed by atoms with Crippen molar-refractivity contribution in [2.75, 3.05) is 12.3 Å². The lowest BCUT2D eigenvalue weighted by Crippen LogP contribution is -2.21. The highest BCUT2D eigenvalue weighted by molar-refractivity contribution is 5.41. The van der Waals surface area contributed by atoms with Gasteiger partial charge in [0.05, 0.1) is 0 Å². The van der Waals surface area contributed by atoms with E-state index in [-0.39, 0.29) is 6.10 Å². The van der Waals surface area contributed by atoms with Gasteiger partial charge in [-0.05, 0) is 49.2 Å². The van der Waals surface area contributed by atoms with Gasteiger partial charge in [0.15, 0.2) is 0 Å². The molecule has 0 fully saturated rings. The van der Waals surface area contributed by atoms with E-state index in [9.17, 15) is 0 Å². The molecule has 0 aromatic heterocycles. The average molecular weight is 285 g/mol. The summed E-state index contributed by atoms with van der Waals surface area (Å²) in [5.41, 5.74) is 7.64. The summed E-state index contributed by atoms with van der Waals surface area (Å²) < 4.78 is 11.7. The lowest BCUT2D eigenvalue weighted by atomic mass is 10.1. The number of hydrogen-bond acceptors (Lipinski definition) is 3. The van der Waals surface area contributed by atoms with Gasteiger partial charge in [-0.25, -0.2) is 0 Å². The third-order valence-corrected chi connectivity index (χ3v) is 3.18. The van der Waals surface area contributed by atoms with Crippen LogP contribution in [0.4, 0.5) is 5.69 Å². The normalized spacial score (nSPS) is 11.9. The maximum Gasteiger partial charge on any atom is 0.130 e. The topological polar surface area (TPSA) is 44.5 Å². The number of nitrogen functional groups attached to an aromatic ring is 1. The zero-order valence-electron chi connectivity index (χ0n) is 12.7. The van der Waals surface area contributed by atoms with Gasteiger partial charge in [0, 0.05) is 5.69 Å². The van der Waals surface area contributed by atoms with Crippen molar-refractivity contribution in [3.8, 4) is 11.5 Å². The maximum atomic E-state index is 5.90. The molecule has 1 unspecified atom stereocenters. The fourth-order valence-corrected chi connectivity index (χ4v) is 2.14. The highest BCUT2D eigenvalue weighted by Gasteiger charge is 2.07. The lowest BCUT2D eigenvalue weighted by molar-refractivity contribution is 0.142. The van der Waals surface area contributed by atoms with Crippen molar-refractivity contribution in [1.82, 2.24) is 0 Å². The SMILES string of the molecule is CCCc1ccccc1OCC(C)Oc1ccc(N)cc1. The van der Waals surface area contributed by atoms with Crippen LogP contribution >= 0.6 is 0 Å². The summed E-state index contributed by atoms with van der Waals surface area (Å²) >= 11 is 0. The van der Waals surface area contributed by atoms with Crippen molar-refractivity contribution in [2.45, 2.75) is 32.8 Å². The van der Waals surface area contributed by atoms with E-state index in [1.807, 2.05) is 49.4 Å². The molecule has 2 aromatic rings. The molecule has 0 heterocycles. The van der Waals surface area contributed by atoms with Crippen LogP contribution in [-0.4, -0.2) is 12.7 Å². The molecule has 0 spiro atoms. The summed E-state index contributed by atoms with van der Waals surface area (Å²) in [7, 11) is 0. The van der Waals surface area contributed by atoms with E-state index < -0.39 is 0 Å². The third kappa shape index (κ3) is 4.71. The largest absolute Gasteiger partial charge is 0.489 e. The van der Waals surface area contributed by atoms with Gasteiger partial charge in [0.25, 0.3) is 0 Å². The van der Waals surface area contributed by atoms with E-state index in [1.165, 1.54) is 5.56 Å². The van der Waals surface area contributed by atoms with Crippen LogP contribution < -0.4 is 15.2 Å². The first kappa shape index (κ1) is 15.2. The number of nitrogens with two attached hydrogens (primary N) is 1. The highest BCUT2D eigenvalue weighted by Crippen LogP contribution is 2.20. The summed E-state index contributed by atoms with van der Waals surface area (Å²) in [6, 6.07) is 15.6. The van der Waals surface area contributed by atoms with Gasteiger partial charge in [-0.15, -0.1) is 0 Å². The Bertz CT molecular complexity index is 551. The molecule has 1 atom stereocenters. The minimum atomic E-state index is -0.0247. The monoisotopic (exact) mass is 285 g/mol. The first-order chi connectivity index (χ1) is 10.2. The predicted molar refractivity (Wildman–Crippen MR) is 86.9 cm³/mol. The number of aryl methyl sites for hydroxylation is 1. The van der Waals surface area contributed by atoms with Crippen LogP contribution in [0.2, 0.25) is 0 Å². The Hall–Kier alpha value is -2.16. The number of benzene rings is 2. The number of hydrogen-bond donors (Lipinski definition) is 1. The second kappa shape index (κ2) is 7.58. The average Bonchev–Trinajstić information content (AvgIpc) is 2.49. The molecule has 0 aliphatic carbocycles. The summed E-state index contributed by atoms with van der Waals surface area (Å²) in [4.78, 5) is 0. The van der Waals surface area contributed by atoms with Gasteiger partial charge in [0.2, 0.25) is 0 Å². The van der Waals surface area contributed by atoms with Crippen molar-refractivity contribution in [1.29, 1.82) is 0 Å². The molecule has 0 radical (unpaired) electrons. The minimum Gasteiger partial charge on any atom is -0.489 e. The first-order valence-electron chi connectivity index (χ1n) is 7.42. The molecule has 3 heteroatoms. The molecule has 0 bridgehead atoms. The maximum absolute atomic E-state index is 5.90. The van der Waals surface area contributed by atoms with Crippen LogP contribution in [0.1, 0.15) is 25.8 Å². The molecule has 0 amide bonds. The molecule has 3 nitrogen and oxygen atoms in total. The molecule has 0 aliphatic heterocycles. The molecular weight excluding hydrogens is 262 g/mol. The Morgan fingerprint density at radius 3 is 2.48 bits per heavy atom. The van der Waals surface area contributed by atoms with Crippen molar-refractivity contribution >= 4 is 5.69 Å². The molecule has 0 aliphatic rings. The summed E-state index contributed by atoms with van der Waals surface area (Å²) in [5, 5.41) is 0. The van der Waals surface area contributed by atoms with E-state index in [0.717, 1.165) is 30.0 Å². The van der Waals surface area contributed by atoms with E-state index in [2.05, 4.69) is 13.0 Å². The van der Waals surface area contributed by atoms with Crippen LogP contribution in [0.15, 0.2) is 48.5 Å². The summed E-state index contributed by atoms with van der Waals surface area (Å²) in [6.45, 7) is 4.69. The summed E-state index contributed by atoms with van der Waals surface area (Å²) in [6.07, 6.45) is 2.12. The van der Waals surface area contributed by atoms with Crippen LogP contribution in [0.5, 0.6) is 11.5 Å². The molecule has 2 rings (SSSR count). The number of ether oxygens (including phenoxy) is 2. The minimum absolute atomic E-state index is 0.0247. The van der Waals surface area contributed by atoms with E-state index >= 15 is 0 Å². The zero-order chi connectivity index (χ0) is 15.1. The Balaban J connectivity index is 1.89. The van der Waals surface area contributed by atoms with Gasteiger partial charge in [-0.2, -0.15) is 0 Å². The zero-order valence-corrected chi connectivity index (χ0v) is 12.7. The van der Waals surface area contributed by atoms with Crippen LogP contribution in [-0.2, 0) is 6.42 Å². The van der Waals surface area contributed by atoms with Gasteiger partial charge < -0.3 is 15.2 Å². The van der Waals surface area contributed by atoms with Crippen LogP contribution in [0.3, 0.4) is 0 Å². The second-order valence-corrected chi connectivity index (χ2v) is 5.17. The van der Waals surface area contributed by atoms with Crippen LogP contribution in [0.25, 0.3) is 0 Å². The van der Waals surface area contributed by atoms with Crippen molar-refractivity contribution in [2.24, 2.45) is 0 Å². The third-order valence-electron chi connectivity index (χ3n) is 3.18. The molecule has 2 aromatic carbocycles. The van der Waals surface area contributed by atoms with Crippen molar-refractivity contribution < 1.29 is 9.47 Å². The standard InChI is InChI=1S/C18H23NO2/c1-3-6-15-7-4-5-8-18(15)20-13-14(2)21-17-11-9-16(19)10-12-17/h4-5,7-12,14H,3,6,13,19H2,1-2H3. The number of para-hydroxylation sites is 1. The Morgan fingerprint density at radius 2 is 1.76 bits per heavy atom.